The van der Waals surface area contributed by atoms with E-state index in [2.05, 4.69) is 5.32 Å². The number of nitrogens with zero attached hydrogens (tertiary/aromatic N) is 1. The molecule has 0 aliphatic carbocycles. The summed E-state index contributed by atoms with van der Waals surface area (Å²) in [4.78, 5) is 26.4. The number of benzene rings is 1. The fraction of sp³-hybridized carbons (Fsp3) is 0.500. The third-order valence-corrected chi connectivity index (χ3v) is 3.85. The number of carbonyl (C=O) groups excluding carboxylic acids is 2. The van der Waals surface area contributed by atoms with E-state index in [1.807, 2.05) is 0 Å². The van der Waals surface area contributed by atoms with Gasteiger partial charge in [-0.3, -0.25) is 9.69 Å². The van der Waals surface area contributed by atoms with Gasteiger partial charge >= 0.3 is 6.09 Å². The monoisotopic (exact) mass is 324 g/mol. The summed E-state index contributed by atoms with van der Waals surface area (Å²) in [5.74, 6) is -0.633. The molecule has 1 heterocycles. The minimum Gasteiger partial charge on any atom is -0.450 e. The minimum absolute atomic E-state index is 0.199. The van der Waals surface area contributed by atoms with Gasteiger partial charge in [-0.25, -0.2) is 9.18 Å². The molecular formula is C16H23FN3O3+. The highest BCUT2D eigenvalue weighted by Gasteiger charge is 2.24. The lowest BCUT2D eigenvalue weighted by Crippen LogP contribution is -3.15. The second kappa shape index (κ2) is 8.47. The molecular weight excluding hydrogens is 301 g/mol. The Balaban J connectivity index is 1.70. The van der Waals surface area contributed by atoms with Crippen LogP contribution in [0.5, 0.6) is 0 Å². The molecule has 23 heavy (non-hydrogen) atoms. The molecule has 0 atom stereocenters. The molecule has 1 aromatic rings. The Morgan fingerprint density at radius 3 is 2.65 bits per heavy atom. The van der Waals surface area contributed by atoms with Crippen LogP contribution in [0.1, 0.15) is 13.3 Å². The van der Waals surface area contributed by atoms with E-state index in [4.69, 9.17) is 4.74 Å². The number of rotatable bonds is 5. The lowest BCUT2D eigenvalue weighted by molar-refractivity contribution is -0.903. The molecule has 0 unspecified atom stereocenters. The van der Waals surface area contributed by atoms with Crippen molar-refractivity contribution >= 4 is 17.7 Å². The van der Waals surface area contributed by atoms with Gasteiger partial charge < -0.3 is 15.0 Å². The highest BCUT2D eigenvalue weighted by atomic mass is 19.1. The molecule has 1 aliphatic rings. The van der Waals surface area contributed by atoms with E-state index in [1.54, 1.807) is 24.0 Å². The minimum atomic E-state index is -0.434. The quantitative estimate of drug-likeness (QED) is 0.830. The van der Waals surface area contributed by atoms with E-state index in [0.717, 1.165) is 13.1 Å². The highest BCUT2D eigenvalue weighted by molar-refractivity contribution is 5.90. The molecule has 1 fully saturated rings. The lowest BCUT2D eigenvalue weighted by Gasteiger charge is -2.31. The average molecular weight is 324 g/mol. The van der Waals surface area contributed by atoms with Crippen molar-refractivity contribution in [2.45, 2.75) is 13.3 Å². The van der Waals surface area contributed by atoms with Gasteiger partial charge in [-0.1, -0.05) is 12.1 Å². The van der Waals surface area contributed by atoms with Crippen LogP contribution in [0.4, 0.5) is 14.9 Å². The summed E-state index contributed by atoms with van der Waals surface area (Å²) in [5.41, 5.74) is 0.208. The molecule has 0 spiro atoms. The number of nitrogens with one attached hydrogen (secondary N) is 2. The maximum atomic E-state index is 13.5. The summed E-state index contributed by atoms with van der Waals surface area (Å²) in [5, 5.41) is 2.58. The molecule has 0 radical (unpaired) electrons. The van der Waals surface area contributed by atoms with Gasteiger partial charge in [-0.05, 0) is 19.1 Å². The normalized spacial score (nSPS) is 15.3. The summed E-state index contributed by atoms with van der Waals surface area (Å²) in [6.45, 7) is 5.65. The van der Waals surface area contributed by atoms with Crippen LogP contribution in [0.2, 0.25) is 0 Å². The summed E-state index contributed by atoms with van der Waals surface area (Å²) >= 11 is 0. The number of hydrogen-bond donors (Lipinski definition) is 2. The Morgan fingerprint density at radius 2 is 2.00 bits per heavy atom. The molecule has 0 saturated carbocycles. The number of para-hydroxylation sites is 1. The molecule has 1 aliphatic heterocycles. The van der Waals surface area contributed by atoms with Crippen LogP contribution < -0.4 is 10.2 Å². The number of piperazine rings is 1. The molecule has 2 amide bonds. The molecule has 0 bridgehead atoms. The van der Waals surface area contributed by atoms with Crippen LogP contribution >= 0.6 is 0 Å². The average Bonchev–Trinajstić information content (AvgIpc) is 2.56. The van der Waals surface area contributed by atoms with Crippen molar-refractivity contribution in [2.75, 3.05) is 44.6 Å². The maximum Gasteiger partial charge on any atom is 0.410 e. The SMILES string of the molecule is CCOC(=O)N1CC[NH+](CCC(=O)Nc2ccccc2F)CC1. The van der Waals surface area contributed by atoms with Crippen molar-refractivity contribution < 1.29 is 23.6 Å². The molecule has 0 aromatic heterocycles. The fourth-order valence-corrected chi connectivity index (χ4v) is 2.54. The number of hydrogen-bond acceptors (Lipinski definition) is 3. The first kappa shape index (κ1) is 17.2. The second-order valence-corrected chi connectivity index (χ2v) is 5.46. The molecule has 6 nitrogen and oxygen atoms in total. The van der Waals surface area contributed by atoms with Crippen molar-refractivity contribution in [1.29, 1.82) is 0 Å². The lowest BCUT2D eigenvalue weighted by atomic mass is 10.2. The van der Waals surface area contributed by atoms with Gasteiger partial charge in [0.2, 0.25) is 5.91 Å². The van der Waals surface area contributed by atoms with Gasteiger partial charge in [0, 0.05) is 0 Å². The van der Waals surface area contributed by atoms with Crippen molar-refractivity contribution in [1.82, 2.24) is 4.90 Å². The van der Waals surface area contributed by atoms with E-state index in [-0.39, 0.29) is 17.7 Å². The predicted octanol–water partition coefficient (Wildman–Crippen LogP) is 0.511. The summed E-state index contributed by atoms with van der Waals surface area (Å²) in [6.07, 6.45) is 0.0483. The fourth-order valence-electron chi connectivity index (χ4n) is 2.54. The first-order valence-corrected chi connectivity index (χ1v) is 7.89. The van der Waals surface area contributed by atoms with Crippen molar-refractivity contribution in [3.8, 4) is 0 Å². The number of anilines is 1. The predicted molar refractivity (Wildman–Crippen MR) is 83.8 cm³/mol. The summed E-state index contributed by atoms with van der Waals surface area (Å²) < 4.78 is 18.4. The first-order chi connectivity index (χ1) is 11.1. The van der Waals surface area contributed by atoms with Crippen LogP contribution in [-0.4, -0.2) is 56.2 Å². The van der Waals surface area contributed by atoms with Crippen molar-refractivity contribution in [2.24, 2.45) is 0 Å². The molecule has 7 heteroatoms. The molecule has 1 aromatic carbocycles. The number of amides is 2. The van der Waals surface area contributed by atoms with Crippen LogP contribution in [0.3, 0.4) is 0 Å². The Morgan fingerprint density at radius 1 is 1.30 bits per heavy atom. The largest absolute Gasteiger partial charge is 0.450 e. The second-order valence-electron chi connectivity index (χ2n) is 5.46. The van der Waals surface area contributed by atoms with Crippen LogP contribution in [0.15, 0.2) is 24.3 Å². The zero-order valence-electron chi connectivity index (χ0n) is 13.3. The number of halogens is 1. The molecule has 1 saturated heterocycles. The maximum absolute atomic E-state index is 13.5. The Kier molecular flexibility index (Phi) is 6.34. The third kappa shape index (κ3) is 5.21. The van der Waals surface area contributed by atoms with Gasteiger partial charge in [0.05, 0.1) is 51.4 Å². The van der Waals surface area contributed by atoms with E-state index < -0.39 is 5.82 Å². The molecule has 2 rings (SSSR count). The Labute approximate surface area is 135 Å². The third-order valence-electron chi connectivity index (χ3n) is 3.85. The smallest absolute Gasteiger partial charge is 0.410 e. The van der Waals surface area contributed by atoms with Gasteiger partial charge in [-0.2, -0.15) is 0 Å². The van der Waals surface area contributed by atoms with Crippen LogP contribution in [-0.2, 0) is 9.53 Å². The first-order valence-electron chi connectivity index (χ1n) is 7.89. The summed E-state index contributed by atoms with van der Waals surface area (Å²) in [7, 11) is 0. The van der Waals surface area contributed by atoms with E-state index in [1.165, 1.54) is 17.0 Å². The standard InChI is InChI=1S/C16H22FN3O3/c1-2-23-16(22)20-11-9-19(10-12-20)8-7-15(21)18-14-6-4-3-5-13(14)17/h3-6H,2,7-12H2,1H3,(H,18,21)/p+1. The molecule has 2 N–H and O–H groups in total. The van der Waals surface area contributed by atoms with Gasteiger partial charge in [-0.15, -0.1) is 0 Å². The number of quaternary nitrogens is 1. The van der Waals surface area contributed by atoms with Gasteiger partial charge in [0.25, 0.3) is 0 Å². The van der Waals surface area contributed by atoms with Gasteiger partial charge in [0.1, 0.15) is 5.82 Å². The zero-order chi connectivity index (χ0) is 16.7. The van der Waals surface area contributed by atoms with E-state index in [0.29, 0.717) is 32.7 Å². The Hall–Kier alpha value is -2.15. The van der Waals surface area contributed by atoms with Crippen LogP contribution in [0.25, 0.3) is 0 Å². The van der Waals surface area contributed by atoms with Gasteiger partial charge in [0.15, 0.2) is 0 Å². The topological polar surface area (TPSA) is 63.1 Å². The summed E-state index contributed by atoms with van der Waals surface area (Å²) in [6, 6.07) is 6.12. The molecule has 126 valence electrons. The van der Waals surface area contributed by atoms with Crippen molar-refractivity contribution in [3.63, 3.8) is 0 Å². The van der Waals surface area contributed by atoms with Crippen LogP contribution in [0, 0.1) is 5.82 Å². The highest BCUT2D eigenvalue weighted by Crippen LogP contribution is 2.12. The number of carbonyl (C=O) groups is 2. The van der Waals surface area contributed by atoms with E-state index >= 15 is 0 Å². The number of ether oxygens (including phenoxy) is 1. The van der Waals surface area contributed by atoms with E-state index in [9.17, 15) is 14.0 Å². The van der Waals surface area contributed by atoms with Crippen molar-refractivity contribution in [3.05, 3.63) is 30.1 Å². The Bertz CT molecular complexity index is 545. The zero-order valence-corrected chi connectivity index (χ0v) is 13.3.